The molecular weight excluding hydrogens is 484 g/mol. The lowest BCUT2D eigenvalue weighted by atomic mass is 9.85. The van der Waals surface area contributed by atoms with E-state index in [9.17, 15) is 13.2 Å². The Balaban J connectivity index is 0.00000312. The third-order valence-corrected chi connectivity index (χ3v) is 6.06. The van der Waals surface area contributed by atoms with Crippen LogP contribution in [0.5, 0.6) is 0 Å². The van der Waals surface area contributed by atoms with Crippen LogP contribution in [0.25, 0.3) is 0 Å². The van der Waals surface area contributed by atoms with E-state index < -0.39 is 12.1 Å². The number of nitrogens with one attached hydrogen (secondary N) is 2. The second-order valence-corrected chi connectivity index (χ2v) is 7.97. The minimum Gasteiger partial charge on any atom is -0.356 e. The summed E-state index contributed by atoms with van der Waals surface area (Å²) in [7, 11) is 1.68. The molecule has 1 saturated carbocycles. The van der Waals surface area contributed by atoms with Gasteiger partial charge in [-0.3, -0.25) is 4.99 Å². The summed E-state index contributed by atoms with van der Waals surface area (Å²) >= 11 is 3.36. The van der Waals surface area contributed by atoms with Gasteiger partial charge in [0.2, 0.25) is 0 Å². The number of thiazole rings is 1. The lowest BCUT2D eigenvalue weighted by Crippen LogP contribution is -2.46. The van der Waals surface area contributed by atoms with Gasteiger partial charge in [-0.05, 0) is 32.1 Å². The van der Waals surface area contributed by atoms with Crippen LogP contribution in [0.2, 0.25) is 0 Å². The average molecular weight is 508 g/mol. The van der Waals surface area contributed by atoms with E-state index in [1.807, 2.05) is 5.38 Å². The molecule has 0 atom stereocenters. The first-order valence-electron chi connectivity index (χ1n) is 8.05. The highest BCUT2D eigenvalue weighted by Gasteiger charge is 2.41. The maximum absolute atomic E-state index is 12.7. The SMILES string of the molecule is CN=C(NCCCSc1nccs1)NC1CCC(C(F)(F)F)CC1.I. The minimum atomic E-state index is -4.06. The molecule has 4 nitrogen and oxygen atoms in total. The van der Waals surface area contributed by atoms with E-state index >= 15 is 0 Å². The summed E-state index contributed by atoms with van der Waals surface area (Å²) in [6, 6.07) is 0.0690. The maximum atomic E-state index is 12.7. The topological polar surface area (TPSA) is 49.3 Å². The molecule has 25 heavy (non-hydrogen) atoms. The van der Waals surface area contributed by atoms with E-state index in [1.165, 1.54) is 0 Å². The molecule has 1 aliphatic carbocycles. The average Bonchev–Trinajstić information content (AvgIpc) is 3.06. The lowest BCUT2D eigenvalue weighted by molar-refractivity contribution is -0.182. The molecule has 0 radical (unpaired) electrons. The van der Waals surface area contributed by atoms with Crippen LogP contribution in [-0.4, -0.2) is 42.5 Å². The van der Waals surface area contributed by atoms with Gasteiger partial charge in [-0.2, -0.15) is 13.2 Å². The Morgan fingerprint density at radius 1 is 1.36 bits per heavy atom. The van der Waals surface area contributed by atoms with Gasteiger partial charge in [-0.1, -0.05) is 11.8 Å². The van der Waals surface area contributed by atoms with E-state index in [0.717, 1.165) is 23.1 Å². The third kappa shape index (κ3) is 8.33. The number of rotatable bonds is 6. The van der Waals surface area contributed by atoms with Gasteiger partial charge in [0, 0.05) is 37.0 Å². The van der Waals surface area contributed by atoms with Gasteiger partial charge in [-0.15, -0.1) is 35.3 Å². The van der Waals surface area contributed by atoms with Crippen molar-refractivity contribution >= 4 is 53.0 Å². The van der Waals surface area contributed by atoms with Gasteiger partial charge < -0.3 is 10.6 Å². The van der Waals surface area contributed by atoms with Gasteiger partial charge in [0.15, 0.2) is 5.96 Å². The first kappa shape index (κ1) is 22.8. The Kier molecular flexibility index (Phi) is 10.5. The van der Waals surface area contributed by atoms with E-state index in [1.54, 1.807) is 36.3 Å². The summed E-state index contributed by atoms with van der Waals surface area (Å²) in [5, 5.41) is 8.42. The van der Waals surface area contributed by atoms with Crippen molar-refractivity contribution < 1.29 is 13.2 Å². The summed E-state index contributed by atoms with van der Waals surface area (Å²) in [5.74, 6) is 0.493. The molecule has 0 amide bonds. The number of nitrogens with zero attached hydrogens (tertiary/aromatic N) is 2. The monoisotopic (exact) mass is 508 g/mol. The molecule has 2 rings (SSSR count). The Morgan fingerprint density at radius 2 is 2.08 bits per heavy atom. The Morgan fingerprint density at radius 3 is 2.64 bits per heavy atom. The second-order valence-electron chi connectivity index (χ2n) is 5.73. The molecule has 1 fully saturated rings. The van der Waals surface area contributed by atoms with Crippen LogP contribution in [0, 0.1) is 5.92 Å². The van der Waals surface area contributed by atoms with Crippen molar-refractivity contribution in [3.05, 3.63) is 11.6 Å². The summed E-state index contributed by atoms with van der Waals surface area (Å²) in [4.78, 5) is 8.36. The molecule has 1 aromatic rings. The van der Waals surface area contributed by atoms with Crippen molar-refractivity contribution in [3.8, 4) is 0 Å². The Hall–Kier alpha value is -0.230. The molecule has 0 aliphatic heterocycles. The van der Waals surface area contributed by atoms with E-state index in [0.29, 0.717) is 18.8 Å². The highest BCUT2D eigenvalue weighted by molar-refractivity contribution is 14.0. The molecule has 0 bridgehead atoms. The van der Waals surface area contributed by atoms with Crippen molar-refractivity contribution in [1.82, 2.24) is 15.6 Å². The summed E-state index contributed by atoms with van der Waals surface area (Å²) in [5.41, 5.74) is 0. The number of aliphatic imine (C=N–C) groups is 1. The number of aromatic nitrogens is 1. The van der Waals surface area contributed by atoms with Crippen LogP contribution < -0.4 is 10.6 Å². The molecule has 10 heteroatoms. The van der Waals surface area contributed by atoms with Crippen molar-refractivity contribution in [2.75, 3.05) is 19.3 Å². The molecule has 0 saturated heterocycles. The normalized spacial score (nSPS) is 21.5. The quantitative estimate of drug-likeness (QED) is 0.195. The van der Waals surface area contributed by atoms with Gasteiger partial charge in [-0.25, -0.2) is 4.98 Å². The second kappa shape index (κ2) is 11.5. The van der Waals surface area contributed by atoms with Crippen LogP contribution >= 0.6 is 47.1 Å². The molecular formula is C15H24F3IN4S2. The van der Waals surface area contributed by atoms with E-state index in [2.05, 4.69) is 20.6 Å². The molecule has 1 aliphatic rings. The fourth-order valence-electron chi connectivity index (χ4n) is 2.67. The van der Waals surface area contributed by atoms with Crippen LogP contribution in [0.15, 0.2) is 20.9 Å². The molecule has 1 heterocycles. The first-order valence-corrected chi connectivity index (χ1v) is 9.91. The number of alkyl halides is 3. The smallest absolute Gasteiger partial charge is 0.356 e. The standard InChI is InChI=1S/C15H23F3N4S2.HI/c1-19-13(20-7-2-9-23-14-21-8-10-24-14)22-12-5-3-11(4-6-12)15(16,17)18;/h8,10-12H,2-7,9H2,1H3,(H2,19,20,22);1H. The van der Waals surface area contributed by atoms with Gasteiger partial charge in [0.25, 0.3) is 0 Å². The number of halogens is 4. The van der Waals surface area contributed by atoms with Gasteiger partial charge in [0.05, 0.1) is 5.92 Å². The van der Waals surface area contributed by atoms with E-state index in [-0.39, 0.29) is 42.9 Å². The van der Waals surface area contributed by atoms with Crippen LogP contribution in [0.1, 0.15) is 32.1 Å². The predicted molar refractivity (Wildman–Crippen MR) is 109 cm³/mol. The molecule has 0 spiro atoms. The zero-order valence-corrected chi connectivity index (χ0v) is 18.0. The largest absolute Gasteiger partial charge is 0.391 e. The Bertz CT molecular complexity index is 503. The third-order valence-electron chi connectivity index (χ3n) is 4.00. The van der Waals surface area contributed by atoms with Crippen molar-refractivity contribution in [2.24, 2.45) is 10.9 Å². The fraction of sp³-hybridized carbons (Fsp3) is 0.733. The summed E-state index contributed by atoms with van der Waals surface area (Å²) < 4.78 is 39.1. The van der Waals surface area contributed by atoms with Crippen LogP contribution in [0.4, 0.5) is 13.2 Å². The molecule has 1 aromatic heterocycles. The molecule has 144 valence electrons. The summed E-state index contributed by atoms with van der Waals surface area (Å²) in [6.07, 6.45) is 0.164. The molecule has 2 N–H and O–H groups in total. The summed E-state index contributed by atoms with van der Waals surface area (Å²) in [6.45, 7) is 0.774. The van der Waals surface area contributed by atoms with Gasteiger partial charge in [0.1, 0.15) is 4.34 Å². The van der Waals surface area contributed by atoms with Crippen LogP contribution in [-0.2, 0) is 0 Å². The van der Waals surface area contributed by atoms with Crippen LogP contribution in [0.3, 0.4) is 0 Å². The molecule has 0 aromatic carbocycles. The number of hydrogen-bond acceptors (Lipinski definition) is 4. The number of thioether (sulfide) groups is 1. The fourth-order valence-corrected chi connectivity index (χ4v) is 4.32. The predicted octanol–water partition coefficient (Wildman–Crippen LogP) is 4.53. The maximum Gasteiger partial charge on any atom is 0.391 e. The number of hydrogen-bond donors (Lipinski definition) is 2. The highest BCUT2D eigenvalue weighted by Crippen LogP contribution is 2.37. The minimum absolute atomic E-state index is 0. The van der Waals surface area contributed by atoms with Crippen molar-refractivity contribution in [2.45, 2.75) is 48.7 Å². The Labute approximate surface area is 171 Å². The zero-order chi connectivity index (χ0) is 17.4. The van der Waals surface area contributed by atoms with Gasteiger partial charge >= 0.3 is 6.18 Å². The lowest BCUT2D eigenvalue weighted by Gasteiger charge is -2.31. The zero-order valence-electron chi connectivity index (χ0n) is 14.0. The number of guanidine groups is 1. The van der Waals surface area contributed by atoms with E-state index in [4.69, 9.17) is 0 Å². The first-order chi connectivity index (χ1) is 11.5. The van der Waals surface area contributed by atoms with Crippen molar-refractivity contribution in [3.63, 3.8) is 0 Å². The molecule has 0 unspecified atom stereocenters. The highest BCUT2D eigenvalue weighted by atomic mass is 127. The van der Waals surface area contributed by atoms with Crippen molar-refractivity contribution in [1.29, 1.82) is 0 Å².